The molecule has 2 rings (SSSR count). The summed E-state index contributed by atoms with van der Waals surface area (Å²) >= 11 is 0. The van der Waals surface area contributed by atoms with Crippen molar-refractivity contribution < 1.29 is 5.11 Å². The lowest BCUT2D eigenvalue weighted by Crippen LogP contribution is -1.90. The number of phenols is 1. The van der Waals surface area contributed by atoms with E-state index in [2.05, 4.69) is 5.18 Å². The summed E-state index contributed by atoms with van der Waals surface area (Å²) in [4.78, 5) is 10.6. The summed E-state index contributed by atoms with van der Waals surface area (Å²) in [5.74, 6) is -0.0190. The Morgan fingerprint density at radius 1 is 1.18 bits per heavy atom. The van der Waals surface area contributed by atoms with Gasteiger partial charge >= 0.3 is 0 Å². The lowest BCUT2D eigenvalue weighted by Gasteiger charge is -2.07. The fourth-order valence-electron chi connectivity index (χ4n) is 1.85. The maximum Gasteiger partial charge on any atom is 0.150 e. The van der Waals surface area contributed by atoms with E-state index in [1.165, 1.54) is 0 Å². The molecule has 0 saturated carbocycles. The summed E-state index contributed by atoms with van der Waals surface area (Å²) in [7, 11) is 0. The van der Waals surface area contributed by atoms with Crippen molar-refractivity contribution in [1.29, 1.82) is 0 Å². The van der Waals surface area contributed by atoms with Crippen LogP contribution in [0.15, 0.2) is 47.6 Å². The normalized spacial score (nSPS) is 10.2. The minimum atomic E-state index is -0.0190. The summed E-state index contributed by atoms with van der Waals surface area (Å²) in [6.45, 7) is 1.88. The molecule has 0 amide bonds. The molecule has 0 aliphatic heterocycles. The molecular weight excluding hydrogens is 214 g/mol. The van der Waals surface area contributed by atoms with Gasteiger partial charge in [0.2, 0.25) is 0 Å². The van der Waals surface area contributed by atoms with Crippen LogP contribution < -0.4 is 0 Å². The Morgan fingerprint density at radius 2 is 1.88 bits per heavy atom. The van der Waals surface area contributed by atoms with Gasteiger partial charge in [-0.05, 0) is 29.3 Å². The second-order valence-electron chi connectivity index (χ2n) is 4.05. The highest BCUT2D eigenvalue weighted by Gasteiger charge is 2.09. The molecule has 2 aromatic carbocycles. The topological polar surface area (TPSA) is 49.7 Å². The Bertz CT molecular complexity index is 535. The van der Waals surface area contributed by atoms with Gasteiger partial charge in [0.15, 0.2) is 0 Å². The van der Waals surface area contributed by atoms with Crippen LogP contribution in [0.4, 0.5) is 5.69 Å². The van der Waals surface area contributed by atoms with Crippen molar-refractivity contribution in [2.24, 2.45) is 5.18 Å². The molecular formula is C14H13NO2. The van der Waals surface area contributed by atoms with Crippen LogP contribution in [-0.4, -0.2) is 5.11 Å². The first kappa shape index (κ1) is 11.3. The third-order valence-corrected chi connectivity index (χ3v) is 2.65. The molecule has 0 atom stereocenters. The van der Waals surface area contributed by atoms with Crippen LogP contribution in [0.25, 0.3) is 0 Å². The van der Waals surface area contributed by atoms with E-state index in [0.717, 1.165) is 16.7 Å². The van der Waals surface area contributed by atoms with Gasteiger partial charge in [0.25, 0.3) is 0 Å². The Kier molecular flexibility index (Phi) is 3.19. The summed E-state index contributed by atoms with van der Waals surface area (Å²) < 4.78 is 0. The first-order chi connectivity index (χ1) is 8.20. The maximum absolute atomic E-state index is 10.6. The molecule has 0 saturated heterocycles. The highest BCUT2D eigenvalue weighted by Crippen LogP contribution is 2.32. The molecule has 0 fully saturated rings. The number of hydrogen-bond acceptors (Lipinski definition) is 3. The molecule has 2 aromatic rings. The number of phenolic OH excluding ortho intramolecular Hbond substituents is 1. The fraction of sp³-hybridized carbons (Fsp3) is 0.143. The maximum atomic E-state index is 10.6. The van der Waals surface area contributed by atoms with Crippen molar-refractivity contribution in [3.63, 3.8) is 0 Å². The van der Waals surface area contributed by atoms with Crippen molar-refractivity contribution in [3.05, 3.63) is 64.1 Å². The molecule has 0 aromatic heterocycles. The van der Waals surface area contributed by atoms with Crippen molar-refractivity contribution in [2.45, 2.75) is 13.3 Å². The molecule has 0 spiro atoms. The van der Waals surface area contributed by atoms with Gasteiger partial charge in [-0.25, -0.2) is 0 Å². The summed E-state index contributed by atoms with van der Waals surface area (Å²) in [5.41, 5.74) is 2.84. The highest BCUT2D eigenvalue weighted by atomic mass is 16.3. The van der Waals surface area contributed by atoms with E-state index >= 15 is 0 Å². The Balaban J connectivity index is 2.39. The SMILES string of the molecule is Cc1cc(Cc2ccccc2)c(O)c(N=O)c1. The van der Waals surface area contributed by atoms with Gasteiger partial charge in [0.05, 0.1) is 0 Å². The smallest absolute Gasteiger partial charge is 0.150 e. The van der Waals surface area contributed by atoms with Crippen molar-refractivity contribution in [2.75, 3.05) is 0 Å². The van der Waals surface area contributed by atoms with Crippen molar-refractivity contribution in [3.8, 4) is 5.75 Å². The summed E-state index contributed by atoms with van der Waals surface area (Å²) in [5, 5.41) is 12.7. The largest absolute Gasteiger partial charge is 0.505 e. The highest BCUT2D eigenvalue weighted by molar-refractivity contribution is 5.58. The number of aryl methyl sites for hydroxylation is 1. The van der Waals surface area contributed by atoms with Crippen molar-refractivity contribution >= 4 is 5.69 Å². The Morgan fingerprint density at radius 3 is 2.53 bits per heavy atom. The number of rotatable bonds is 3. The Hall–Kier alpha value is -2.16. The van der Waals surface area contributed by atoms with Crippen LogP contribution in [-0.2, 0) is 6.42 Å². The molecule has 17 heavy (non-hydrogen) atoms. The van der Waals surface area contributed by atoms with E-state index in [9.17, 15) is 10.0 Å². The molecule has 0 aliphatic rings. The summed E-state index contributed by atoms with van der Waals surface area (Å²) in [6.07, 6.45) is 0.594. The number of nitrogens with zero attached hydrogens (tertiary/aromatic N) is 1. The average molecular weight is 227 g/mol. The predicted octanol–water partition coefficient (Wildman–Crippen LogP) is 3.69. The van der Waals surface area contributed by atoms with Crippen LogP contribution in [0, 0.1) is 11.8 Å². The molecule has 1 N–H and O–H groups in total. The van der Waals surface area contributed by atoms with Crippen LogP contribution in [0.2, 0.25) is 0 Å². The van der Waals surface area contributed by atoms with E-state index in [1.54, 1.807) is 6.07 Å². The lowest BCUT2D eigenvalue weighted by molar-refractivity contribution is 0.471. The van der Waals surface area contributed by atoms with Gasteiger partial charge in [-0.15, -0.1) is 4.91 Å². The standard InChI is InChI=1S/C14H13NO2/c1-10-7-12(14(16)13(8-10)15-17)9-11-5-3-2-4-6-11/h2-8,16H,9H2,1H3. The first-order valence-electron chi connectivity index (χ1n) is 5.40. The lowest BCUT2D eigenvalue weighted by atomic mass is 10.0. The van der Waals surface area contributed by atoms with Crippen LogP contribution >= 0.6 is 0 Å². The molecule has 0 heterocycles. The van der Waals surface area contributed by atoms with Crippen LogP contribution in [0.5, 0.6) is 5.75 Å². The van der Waals surface area contributed by atoms with Crippen molar-refractivity contribution in [1.82, 2.24) is 0 Å². The second-order valence-corrected chi connectivity index (χ2v) is 4.05. The van der Waals surface area contributed by atoms with Crippen LogP contribution in [0.3, 0.4) is 0 Å². The molecule has 3 heteroatoms. The minimum absolute atomic E-state index is 0.0190. The number of hydrogen-bond donors (Lipinski definition) is 1. The van der Waals surface area contributed by atoms with Crippen LogP contribution in [0.1, 0.15) is 16.7 Å². The van der Waals surface area contributed by atoms with Gasteiger partial charge in [0, 0.05) is 12.0 Å². The monoisotopic (exact) mass is 227 g/mol. The predicted molar refractivity (Wildman–Crippen MR) is 67.5 cm³/mol. The first-order valence-corrected chi connectivity index (χ1v) is 5.40. The molecule has 3 nitrogen and oxygen atoms in total. The zero-order chi connectivity index (χ0) is 12.3. The zero-order valence-corrected chi connectivity index (χ0v) is 9.55. The molecule has 86 valence electrons. The third kappa shape index (κ3) is 2.50. The van der Waals surface area contributed by atoms with E-state index in [1.807, 2.05) is 43.3 Å². The molecule has 0 radical (unpaired) electrons. The van der Waals surface area contributed by atoms with E-state index < -0.39 is 0 Å². The van der Waals surface area contributed by atoms with Gasteiger partial charge in [-0.1, -0.05) is 36.4 Å². The summed E-state index contributed by atoms with van der Waals surface area (Å²) in [6, 6.07) is 13.2. The minimum Gasteiger partial charge on any atom is -0.505 e. The second kappa shape index (κ2) is 4.78. The molecule has 0 aliphatic carbocycles. The number of benzene rings is 2. The quantitative estimate of drug-likeness (QED) is 0.813. The van der Waals surface area contributed by atoms with Gasteiger partial charge in [-0.3, -0.25) is 0 Å². The number of aromatic hydroxyl groups is 1. The molecule has 0 unspecified atom stereocenters. The third-order valence-electron chi connectivity index (χ3n) is 2.65. The van der Waals surface area contributed by atoms with E-state index in [4.69, 9.17) is 0 Å². The Labute approximate surface area is 99.7 Å². The average Bonchev–Trinajstić information content (AvgIpc) is 2.34. The molecule has 0 bridgehead atoms. The zero-order valence-electron chi connectivity index (χ0n) is 9.55. The van der Waals surface area contributed by atoms with E-state index in [-0.39, 0.29) is 11.4 Å². The van der Waals surface area contributed by atoms with E-state index in [0.29, 0.717) is 6.42 Å². The van der Waals surface area contributed by atoms with Gasteiger partial charge in [-0.2, -0.15) is 0 Å². The van der Waals surface area contributed by atoms with Gasteiger partial charge in [0.1, 0.15) is 11.4 Å². The number of nitroso groups, excluding NO2 is 1. The fourth-order valence-corrected chi connectivity index (χ4v) is 1.85. The van der Waals surface area contributed by atoms with Gasteiger partial charge < -0.3 is 5.11 Å².